The number of amidine groups is 1. The number of nitrogens with two attached hydrogens (primary N) is 1. The third-order valence-corrected chi connectivity index (χ3v) is 3.92. The van der Waals surface area contributed by atoms with Gasteiger partial charge in [0.05, 0.1) is 5.70 Å². The molecule has 8 nitrogen and oxygen atoms in total. The first-order valence-electron chi connectivity index (χ1n) is 8.75. The van der Waals surface area contributed by atoms with E-state index < -0.39 is 0 Å². The quantitative estimate of drug-likeness (QED) is 0.497. The Morgan fingerprint density at radius 3 is 2.41 bits per heavy atom. The van der Waals surface area contributed by atoms with Gasteiger partial charge >= 0.3 is 0 Å². The number of amides is 1. The van der Waals surface area contributed by atoms with E-state index in [1.54, 1.807) is 31.3 Å². The molecule has 0 unspecified atom stereocenters. The van der Waals surface area contributed by atoms with Gasteiger partial charge in [0, 0.05) is 25.2 Å². The summed E-state index contributed by atoms with van der Waals surface area (Å²) in [5.74, 6) is 0.490. The lowest BCUT2D eigenvalue weighted by Gasteiger charge is -2.06. The Labute approximate surface area is 167 Å². The largest absolute Gasteiger partial charge is 0.414 e. The number of carbonyl (C=O) groups excluding carboxylic acids is 1. The maximum Gasteiger partial charge on any atom is 0.270 e. The van der Waals surface area contributed by atoms with E-state index in [-0.39, 0.29) is 23.3 Å². The highest BCUT2D eigenvalue weighted by molar-refractivity contribution is 6.46. The molecular formula is C21H20N6O2. The van der Waals surface area contributed by atoms with Crippen LogP contribution in [0.5, 0.6) is 0 Å². The second-order valence-corrected chi connectivity index (χ2v) is 6.05. The van der Waals surface area contributed by atoms with Crippen molar-refractivity contribution in [2.75, 3.05) is 12.4 Å². The van der Waals surface area contributed by atoms with Gasteiger partial charge in [-0.3, -0.25) is 9.79 Å². The van der Waals surface area contributed by atoms with E-state index in [2.05, 4.69) is 32.1 Å². The van der Waals surface area contributed by atoms with E-state index in [4.69, 9.17) is 10.2 Å². The van der Waals surface area contributed by atoms with Crippen LogP contribution in [-0.4, -0.2) is 34.7 Å². The molecule has 0 radical (unpaired) electrons. The summed E-state index contributed by atoms with van der Waals surface area (Å²) < 4.78 is 5.75. The molecule has 2 aromatic carbocycles. The second kappa shape index (κ2) is 8.75. The molecule has 0 bridgehead atoms. The van der Waals surface area contributed by atoms with Gasteiger partial charge in [-0.2, -0.15) is 0 Å². The summed E-state index contributed by atoms with van der Waals surface area (Å²) in [7, 11) is 1.55. The molecule has 1 heterocycles. The maximum absolute atomic E-state index is 11.1. The zero-order valence-corrected chi connectivity index (χ0v) is 16.1. The Morgan fingerprint density at radius 2 is 1.79 bits per heavy atom. The molecule has 3 aromatic rings. The van der Waals surface area contributed by atoms with Gasteiger partial charge in [-0.25, -0.2) is 4.99 Å². The zero-order valence-electron chi connectivity index (χ0n) is 16.1. The van der Waals surface area contributed by atoms with Crippen molar-refractivity contribution in [1.29, 1.82) is 0 Å². The topological polar surface area (TPSA) is 119 Å². The molecule has 0 atom stereocenters. The molecule has 0 saturated carbocycles. The second-order valence-electron chi connectivity index (χ2n) is 6.05. The number of anilines is 1. The van der Waals surface area contributed by atoms with Crippen LogP contribution < -0.4 is 11.1 Å². The van der Waals surface area contributed by atoms with Gasteiger partial charge in [-0.05, 0) is 29.8 Å². The summed E-state index contributed by atoms with van der Waals surface area (Å²) in [5.41, 5.74) is 8.87. The SMILES string of the molecule is C=C(N=C(C(N)=NC)c1nnc(-c2ccccc2)o1)c1ccc(NC(C)=O)cc1. The maximum atomic E-state index is 11.1. The standard InChI is InChI=1S/C21H20N6O2/c1-13(15-9-11-17(12-10-15)25-14(2)28)24-18(19(22)23-3)21-27-26-20(29-21)16-7-5-4-6-8-16/h4-12H,1H2,2-3H3,(H2,22,23)(H,25,28). The van der Waals surface area contributed by atoms with Crippen LogP contribution in [0.4, 0.5) is 5.69 Å². The summed E-state index contributed by atoms with van der Waals surface area (Å²) in [6, 6.07) is 16.5. The molecule has 3 N–H and O–H groups in total. The number of rotatable bonds is 6. The minimum absolute atomic E-state index is 0.142. The summed E-state index contributed by atoms with van der Waals surface area (Å²) in [5, 5.41) is 10.8. The number of nitrogens with zero attached hydrogens (tertiary/aromatic N) is 4. The third-order valence-electron chi connectivity index (χ3n) is 3.92. The molecule has 146 valence electrons. The van der Waals surface area contributed by atoms with Crippen LogP contribution >= 0.6 is 0 Å². The molecule has 0 saturated heterocycles. The van der Waals surface area contributed by atoms with Crippen LogP contribution in [0.3, 0.4) is 0 Å². The average Bonchev–Trinajstić information content (AvgIpc) is 3.22. The Morgan fingerprint density at radius 1 is 1.10 bits per heavy atom. The monoisotopic (exact) mass is 388 g/mol. The summed E-state index contributed by atoms with van der Waals surface area (Å²) in [6.45, 7) is 5.44. The molecule has 0 spiro atoms. The number of nitrogens with one attached hydrogen (secondary N) is 1. The van der Waals surface area contributed by atoms with Gasteiger partial charge in [-0.15, -0.1) is 10.2 Å². The van der Waals surface area contributed by atoms with Crippen LogP contribution in [0.1, 0.15) is 18.4 Å². The van der Waals surface area contributed by atoms with E-state index in [9.17, 15) is 4.79 Å². The zero-order chi connectivity index (χ0) is 20.8. The third kappa shape index (κ3) is 4.81. The van der Waals surface area contributed by atoms with Crippen molar-refractivity contribution in [2.45, 2.75) is 6.92 Å². The fraction of sp³-hybridized carbons (Fsp3) is 0.0952. The van der Waals surface area contributed by atoms with Crippen molar-refractivity contribution >= 4 is 28.8 Å². The first-order chi connectivity index (χ1) is 14.0. The Bertz CT molecular complexity index is 1080. The summed E-state index contributed by atoms with van der Waals surface area (Å²) >= 11 is 0. The smallest absolute Gasteiger partial charge is 0.270 e. The van der Waals surface area contributed by atoms with Crippen LogP contribution in [0.2, 0.25) is 0 Å². The first-order valence-corrected chi connectivity index (χ1v) is 8.75. The van der Waals surface area contributed by atoms with Crippen molar-refractivity contribution in [1.82, 2.24) is 10.2 Å². The first kappa shape index (κ1) is 19.7. The Hall–Kier alpha value is -4.07. The number of hydrogen-bond donors (Lipinski definition) is 2. The number of aromatic nitrogens is 2. The lowest BCUT2D eigenvalue weighted by Crippen LogP contribution is -2.25. The van der Waals surface area contributed by atoms with Crippen LogP contribution in [0.25, 0.3) is 17.2 Å². The van der Waals surface area contributed by atoms with Gasteiger partial charge in [0.2, 0.25) is 11.8 Å². The fourth-order valence-corrected chi connectivity index (χ4v) is 2.49. The van der Waals surface area contributed by atoms with Crippen LogP contribution in [-0.2, 0) is 4.79 Å². The Balaban J connectivity index is 1.91. The lowest BCUT2D eigenvalue weighted by molar-refractivity contribution is -0.114. The number of carbonyl (C=O) groups is 1. The molecule has 0 fully saturated rings. The molecule has 0 aliphatic rings. The van der Waals surface area contributed by atoms with Crippen molar-refractivity contribution in [3.8, 4) is 11.5 Å². The highest BCUT2D eigenvalue weighted by atomic mass is 16.4. The minimum Gasteiger partial charge on any atom is -0.414 e. The molecule has 0 aliphatic heterocycles. The van der Waals surface area contributed by atoms with Gasteiger partial charge in [0.15, 0.2) is 5.71 Å². The Kier molecular flexibility index (Phi) is 5.94. The fourth-order valence-electron chi connectivity index (χ4n) is 2.49. The summed E-state index contributed by atoms with van der Waals surface area (Å²) in [4.78, 5) is 19.6. The molecule has 1 aromatic heterocycles. The normalized spacial score (nSPS) is 11.9. The number of aliphatic imine (C=N–C) groups is 2. The van der Waals surface area contributed by atoms with Crippen LogP contribution in [0, 0.1) is 0 Å². The van der Waals surface area contributed by atoms with E-state index in [0.29, 0.717) is 17.3 Å². The van der Waals surface area contributed by atoms with E-state index in [1.165, 1.54) is 6.92 Å². The predicted molar refractivity (Wildman–Crippen MR) is 114 cm³/mol. The highest BCUT2D eigenvalue weighted by Gasteiger charge is 2.18. The van der Waals surface area contributed by atoms with E-state index in [1.807, 2.05) is 30.3 Å². The van der Waals surface area contributed by atoms with Crippen molar-refractivity contribution in [2.24, 2.45) is 15.7 Å². The molecule has 1 amide bonds. The van der Waals surface area contributed by atoms with Crippen molar-refractivity contribution in [3.63, 3.8) is 0 Å². The highest BCUT2D eigenvalue weighted by Crippen LogP contribution is 2.20. The summed E-state index contributed by atoms with van der Waals surface area (Å²) in [6.07, 6.45) is 0. The van der Waals surface area contributed by atoms with Gasteiger partial charge in [0.1, 0.15) is 5.84 Å². The van der Waals surface area contributed by atoms with Gasteiger partial charge < -0.3 is 15.5 Å². The van der Waals surface area contributed by atoms with Gasteiger partial charge in [0.25, 0.3) is 5.89 Å². The minimum atomic E-state index is -0.144. The number of hydrogen-bond acceptors (Lipinski definition) is 6. The molecular weight excluding hydrogens is 368 g/mol. The average molecular weight is 388 g/mol. The number of benzene rings is 2. The molecule has 8 heteroatoms. The molecule has 29 heavy (non-hydrogen) atoms. The predicted octanol–water partition coefficient (Wildman–Crippen LogP) is 3.14. The molecule has 0 aliphatic carbocycles. The van der Waals surface area contributed by atoms with Crippen molar-refractivity contribution in [3.05, 3.63) is 72.6 Å². The van der Waals surface area contributed by atoms with Gasteiger partial charge in [-0.1, -0.05) is 36.9 Å². The van der Waals surface area contributed by atoms with E-state index in [0.717, 1.165) is 11.1 Å². The molecule has 3 rings (SSSR count). The van der Waals surface area contributed by atoms with E-state index >= 15 is 0 Å². The van der Waals surface area contributed by atoms with Crippen molar-refractivity contribution < 1.29 is 9.21 Å². The van der Waals surface area contributed by atoms with Crippen LogP contribution in [0.15, 0.2) is 75.6 Å². The lowest BCUT2D eigenvalue weighted by atomic mass is 10.1.